The molecule has 3 atom stereocenters. The molecule has 0 unspecified atom stereocenters. The molecule has 0 aliphatic heterocycles. The van der Waals surface area contributed by atoms with Gasteiger partial charge in [-0.1, -0.05) is 12.1 Å². The Bertz CT molecular complexity index is 931. The number of rotatable bonds is 4. The summed E-state index contributed by atoms with van der Waals surface area (Å²) in [6.07, 6.45) is 4.61. The monoisotopic (exact) mass is 374 g/mol. The molecule has 6 nitrogen and oxygen atoms in total. The van der Waals surface area contributed by atoms with Crippen molar-refractivity contribution in [2.24, 2.45) is 17.3 Å². The largest absolute Gasteiger partial charge is 0.496 e. The Morgan fingerprint density at radius 2 is 1.96 bits per heavy atom. The second kappa shape index (κ2) is 7.85. The average Bonchev–Trinajstić information content (AvgIpc) is 2.73. The van der Waals surface area contributed by atoms with Crippen molar-refractivity contribution in [1.29, 1.82) is 21.2 Å². The summed E-state index contributed by atoms with van der Waals surface area (Å²) >= 11 is 0. The lowest BCUT2D eigenvalue weighted by Crippen LogP contribution is -2.48. The number of fused-ring (bicyclic) bond motifs is 1. The molecule has 1 aromatic carbocycles. The Morgan fingerprint density at radius 1 is 1.21 bits per heavy atom. The van der Waals surface area contributed by atoms with Gasteiger partial charge < -0.3 is 14.9 Å². The molecular weight excluding hydrogens is 352 g/mol. The zero-order valence-electron chi connectivity index (χ0n) is 16.0. The molecule has 0 spiro atoms. The number of nitrogens with one attached hydrogen (secondary N) is 1. The van der Waals surface area contributed by atoms with Crippen LogP contribution >= 0.6 is 0 Å². The summed E-state index contributed by atoms with van der Waals surface area (Å²) in [7, 11) is 3.18. The molecule has 0 saturated heterocycles. The van der Waals surface area contributed by atoms with Gasteiger partial charge in [0.15, 0.2) is 5.41 Å². The first-order chi connectivity index (χ1) is 13.6. The summed E-state index contributed by atoms with van der Waals surface area (Å²) in [5.41, 5.74) is 0.725. The topological polar surface area (TPSA) is 114 Å². The number of allylic oxidation sites excluding steroid dienone is 2. The number of hydrogen-bond acceptors (Lipinski definition) is 6. The minimum absolute atomic E-state index is 0.112. The van der Waals surface area contributed by atoms with Crippen molar-refractivity contribution in [2.75, 3.05) is 14.2 Å². The van der Waals surface area contributed by atoms with Crippen LogP contribution in [0.2, 0.25) is 0 Å². The van der Waals surface area contributed by atoms with E-state index in [1.807, 2.05) is 24.3 Å². The van der Waals surface area contributed by atoms with Crippen molar-refractivity contribution >= 4 is 5.71 Å². The summed E-state index contributed by atoms with van der Waals surface area (Å²) in [6.45, 7) is 0.335. The lowest BCUT2D eigenvalue weighted by atomic mass is 9.53. The van der Waals surface area contributed by atoms with Gasteiger partial charge in [0.25, 0.3) is 0 Å². The van der Waals surface area contributed by atoms with Gasteiger partial charge in [-0.15, -0.1) is 0 Å². The molecule has 1 saturated carbocycles. The highest BCUT2D eigenvalue weighted by Gasteiger charge is 2.57. The van der Waals surface area contributed by atoms with Crippen molar-refractivity contribution < 1.29 is 9.47 Å². The molecule has 3 rings (SSSR count). The minimum Gasteiger partial charge on any atom is -0.496 e. The number of nitrogens with zero attached hydrogens (tertiary/aromatic N) is 3. The number of nitriles is 3. The van der Waals surface area contributed by atoms with Crippen LogP contribution in [0, 0.1) is 56.7 Å². The van der Waals surface area contributed by atoms with Gasteiger partial charge in [0.1, 0.15) is 11.7 Å². The first-order valence-electron chi connectivity index (χ1n) is 9.24. The number of benzene rings is 1. The van der Waals surface area contributed by atoms with Crippen LogP contribution in [-0.4, -0.2) is 19.9 Å². The lowest BCUT2D eigenvalue weighted by Gasteiger charge is -2.45. The highest BCUT2D eigenvalue weighted by molar-refractivity contribution is 6.00. The lowest BCUT2D eigenvalue weighted by molar-refractivity contribution is 0.181. The Hall–Kier alpha value is -3.14. The number of hydrogen-bond donors (Lipinski definition) is 1. The first kappa shape index (κ1) is 19.6. The zero-order chi connectivity index (χ0) is 20.3. The number of ether oxygens (including phenoxy) is 2. The van der Waals surface area contributed by atoms with E-state index in [9.17, 15) is 15.8 Å². The van der Waals surface area contributed by atoms with Crippen molar-refractivity contribution in [3.8, 4) is 24.0 Å². The van der Waals surface area contributed by atoms with E-state index in [-0.39, 0.29) is 11.6 Å². The molecule has 28 heavy (non-hydrogen) atoms. The second-order valence-corrected chi connectivity index (χ2v) is 7.23. The third kappa shape index (κ3) is 2.85. The molecule has 0 bridgehead atoms. The maximum Gasteiger partial charge on any atom is 0.189 e. The Labute approximate surface area is 165 Å². The Morgan fingerprint density at radius 3 is 2.57 bits per heavy atom. The molecular formula is C22H22N4O2. The Balaban J connectivity index is 2.23. The molecule has 1 aromatic rings. The van der Waals surface area contributed by atoms with E-state index in [0.29, 0.717) is 12.4 Å². The van der Waals surface area contributed by atoms with Crippen LogP contribution in [0.5, 0.6) is 5.75 Å². The molecule has 142 valence electrons. The number of methoxy groups -OCH3 is 2. The average molecular weight is 374 g/mol. The highest BCUT2D eigenvalue weighted by Crippen LogP contribution is 2.55. The summed E-state index contributed by atoms with van der Waals surface area (Å²) in [6, 6.07) is 12.0. The molecule has 2 aliphatic rings. The second-order valence-electron chi connectivity index (χ2n) is 7.23. The molecule has 1 fully saturated rings. The van der Waals surface area contributed by atoms with Crippen LogP contribution in [0.1, 0.15) is 36.3 Å². The zero-order valence-corrected chi connectivity index (χ0v) is 16.0. The van der Waals surface area contributed by atoms with Gasteiger partial charge in [-0.25, -0.2) is 0 Å². The smallest absolute Gasteiger partial charge is 0.189 e. The minimum atomic E-state index is -1.67. The van der Waals surface area contributed by atoms with Gasteiger partial charge in [0.05, 0.1) is 37.6 Å². The fraction of sp³-hybridized carbons (Fsp3) is 0.455. The van der Waals surface area contributed by atoms with Gasteiger partial charge >= 0.3 is 0 Å². The third-order valence-electron chi connectivity index (χ3n) is 5.89. The van der Waals surface area contributed by atoms with E-state index in [0.717, 1.165) is 36.0 Å². The van der Waals surface area contributed by atoms with E-state index in [2.05, 4.69) is 18.2 Å². The van der Waals surface area contributed by atoms with Crippen LogP contribution in [0.4, 0.5) is 0 Å². The Kier molecular flexibility index (Phi) is 5.50. The standard InChI is InChI=1S/C22H22N4O2/c1-27-11-15-9-14(7-8-19(15)28-2)20-17-6-4-3-5-16(17)18(10-23)21(26)22(20,12-24)13-25/h5,7-9,17-18,20,26H,3-4,6,11H2,1-2H3/t17-,18-,20-/m0/s1. The van der Waals surface area contributed by atoms with E-state index in [4.69, 9.17) is 14.9 Å². The molecule has 1 N–H and O–H groups in total. The van der Waals surface area contributed by atoms with Gasteiger partial charge in [0, 0.05) is 18.6 Å². The fourth-order valence-corrected chi connectivity index (χ4v) is 4.65. The highest BCUT2D eigenvalue weighted by atomic mass is 16.5. The normalized spacial score (nSPS) is 25.5. The van der Waals surface area contributed by atoms with E-state index < -0.39 is 17.3 Å². The first-order valence-corrected chi connectivity index (χ1v) is 9.24. The molecule has 6 heteroatoms. The fourth-order valence-electron chi connectivity index (χ4n) is 4.65. The summed E-state index contributed by atoms with van der Waals surface area (Å²) in [5.74, 6) is -0.758. The van der Waals surface area contributed by atoms with Crippen molar-refractivity contribution in [2.45, 2.75) is 31.8 Å². The van der Waals surface area contributed by atoms with E-state index in [1.54, 1.807) is 14.2 Å². The molecule has 0 aromatic heterocycles. The van der Waals surface area contributed by atoms with Crippen molar-refractivity contribution in [1.82, 2.24) is 0 Å². The molecule has 2 aliphatic carbocycles. The maximum absolute atomic E-state index is 10.0. The summed E-state index contributed by atoms with van der Waals surface area (Å²) in [5, 5.41) is 38.3. The van der Waals surface area contributed by atoms with Crippen LogP contribution in [0.3, 0.4) is 0 Å². The molecule has 0 heterocycles. The van der Waals surface area contributed by atoms with E-state index in [1.165, 1.54) is 0 Å². The van der Waals surface area contributed by atoms with Gasteiger partial charge in [-0.3, -0.25) is 0 Å². The summed E-state index contributed by atoms with van der Waals surface area (Å²) < 4.78 is 10.7. The van der Waals surface area contributed by atoms with Crippen LogP contribution < -0.4 is 4.74 Å². The third-order valence-corrected chi connectivity index (χ3v) is 5.89. The van der Waals surface area contributed by atoms with Gasteiger partial charge in [-0.05, 0) is 48.4 Å². The van der Waals surface area contributed by atoms with Crippen LogP contribution in [0.25, 0.3) is 0 Å². The van der Waals surface area contributed by atoms with Gasteiger partial charge in [-0.2, -0.15) is 15.8 Å². The van der Waals surface area contributed by atoms with Crippen LogP contribution in [-0.2, 0) is 11.3 Å². The predicted molar refractivity (Wildman–Crippen MR) is 102 cm³/mol. The van der Waals surface area contributed by atoms with Crippen molar-refractivity contribution in [3.05, 3.63) is 41.0 Å². The summed E-state index contributed by atoms with van der Waals surface area (Å²) in [4.78, 5) is 0. The SMILES string of the molecule is COCc1cc([C@H]2[C@H]3CCCC=C3[C@H](C#N)C(=N)C2(C#N)C#N)ccc1OC. The van der Waals surface area contributed by atoms with Gasteiger partial charge in [0.2, 0.25) is 0 Å². The maximum atomic E-state index is 10.0. The van der Waals surface area contributed by atoms with Crippen LogP contribution in [0.15, 0.2) is 29.8 Å². The predicted octanol–water partition coefficient (Wildman–Crippen LogP) is 3.86. The quantitative estimate of drug-likeness (QED) is 0.804. The van der Waals surface area contributed by atoms with Crippen molar-refractivity contribution in [3.63, 3.8) is 0 Å². The molecule has 0 radical (unpaired) electrons. The molecule has 0 amide bonds. The van der Waals surface area contributed by atoms with E-state index >= 15 is 0 Å².